The van der Waals surface area contributed by atoms with Crippen LogP contribution in [0.3, 0.4) is 0 Å². The van der Waals surface area contributed by atoms with Crippen LogP contribution in [-0.2, 0) is 0 Å². The molecule has 142 valence electrons. The first-order chi connectivity index (χ1) is 13.1. The number of hydrogen-bond donors (Lipinski definition) is 0. The van der Waals surface area contributed by atoms with Gasteiger partial charge >= 0.3 is 0 Å². The molecule has 2 aromatic carbocycles. The van der Waals surface area contributed by atoms with Crippen molar-refractivity contribution in [3.05, 3.63) is 63.2 Å². The van der Waals surface area contributed by atoms with E-state index >= 15 is 0 Å². The van der Waals surface area contributed by atoms with Crippen molar-refractivity contribution in [1.29, 1.82) is 0 Å². The molecule has 0 amide bonds. The molecule has 1 fully saturated rings. The highest BCUT2D eigenvalue weighted by atomic mass is 35.5. The van der Waals surface area contributed by atoms with Crippen molar-refractivity contribution >= 4 is 29.3 Å². The third kappa shape index (κ3) is 4.96. The molecule has 1 saturated heterocycles. The van der Waals surface area contributed by atoms with Crippen molar-refractivity contribution in [2.75, 3.05) is 44.2 Å². The molecule has 27 heavy (non-hydrogen) atoms. The number of nitro groups is 1. The summed E-state index contributed by atoms with van der Waals surface area (Å²) < 4.78 is 5.72. The predicted molar refractivity (Wildman–Crippen MR) is 104 cm³/mol. The van der Waals surface area contributed by atoms with E-state index in [9.17, 15) is 14.9 Å². The monoisotopic (exact) mass is 389 g/mol. The van der Waals surface area contributed by atoms with Crippen LogP contribution in [-0.4, -0.2) is 55.4 Å². The van der Waals surface area contributed by atoms with Gasteiger partial charge in [0.1, 0.15) is 24.3 Å². The molecule has 0 aromatic heterocycles. The second-order valence-corrected chi connectivity index (χ2v) is 6.69. The molecule has 3 rings (SSSR count). The van der Waals surface area contributed by atoms with Crippen LogP contribution in [0.1, 0.15) is 10.4 Å². The summed E-state index contributed by atoms with van der Waals surface area (Å²) >= 11 is 5.85. The zero-order valence-corrected chi connectivity index (χ0v) is 15.5. The number of rotatable bonds is 7. The fourth-order valence-corrected chi connectivity index (χ4v) is 3.19. The van der Waals surface area contributed by atoms with Crippen LogP contribution < -0.4 is 9.64 Å². The lowest BCUT2D eigenvalue weighted by Crippen LogP contribution is -2.47. The van der Waals surface area contributed by atoms with Gasteiger partial charge in [-0.25, -0.2) is 0 Å². The Labute approximate surface area is 162 Å². The molecule has 1 heterocycles. The number of aldehydes is 1. The van der Waals surface area contributed by atoms with Gasteiger partial charge in [-0.05, 0) is 36.4 Å². The largest absolute Gasteiger partial charge is 0.492 e. The Kier molecular flexibility index (Phi) is 6.26. The summed E-state index contributed by atoms with van der Waals surface area (Å²) in [5, 5.41) is 12.0. The van der Waals surface area contributed by atoms with Crippen molar-refractivity contribution < 1.29 is 14.5 Å². The van der Waals surface area contributed by atoms with Gasteiger partial charge in [-0.2, -0.15) is 0 Å². The van der Waals surface area contributed by atoms with Crippen molar-refractivity contribution in [1.82, 2.24) is 4.90 Å². The summed E-state index contributed by atoms with van der Waals surface area (Å²) in [6.07, 6.45) is 0.620. The van der Waals surface area contributed by atoms with Crippen LogP contribution in [0.2, 0.25) is 5.02 Å². The standard InChI is InChI=1S/C19H20ClN3O4/c20-16-2-4-17(5-3-16)27-12-11-21-7-9-22(10-8-21)18-6-1-15(14-24)13-19(18)23(25)26/h1-6,13-14H,7-12H2. The predicted octanol–water partition coefficient (Wildman–Crippen LogP) is 3.26. The SMILES string of the molecule is O=Cc1ccc(N2CCN(CCOc3ccc(Cl)cc3)CC2)c([N+](=O)[O-])c1. The number of piperazine rings is 1. The third-order valence-corrected chi connectivity index (χ3v) is 4.79. The fraction of sp³-hybridized carbons (Fsp3) is 0.316. The minimum Gasteiger partial charge on any atom is -0.492 e. The molecule has 0 saturated carbocycles. The highest BCUT2D eigenvalue weighted by Crippen LogP contribution is 2.29. The molecular formula is C19H20ClN3O4. The zero-order valence-electron chi connectivity index (χ0n) is 14.7. The molecule has 1 aliphatic heterocycles. The van der Waals surface area contributed by atoms with Gasteiger partial charge in [-0.15, -0.1) is 0 Å². The molecule has 0 spiro atoms. The molecule has 1 aliphatic rings. The number of anilines is 1. The van der Waals surface area contributed by atoms with Gasteiger partial charge in [0, 0.05) is 49.4 Å². The second-order valence-electron chi connectivity index (χ2n) is 6.25. The number of nitro benzene ring substituents is 1. The van der Waals surface area contributed by atoms with Crippen LogP contribution in [0.5, 0.6) is 5.75 Å². The molecule has 8 heteroatoms. The van der Waals surface area contributed by atoms with E-state index in [1.165, 1.54) is 6.07 Å². The number of benzene rings is 2. The molecule has 0 unspecified atom stereocenters. The summed E-state index contributed by atoms with van der Waals surface area (Å²) in [6.45, 7) is 4.29. The quantitative estimate of drug-likeness (QED) is 0.411. The molecular weight excluding hydrogens is 370 g/mol. The van der Waals surface area contributed by atoms with E-state index in [0.717, 1.165) is 25.4 Å². The number of carbonyl (C=O) groups excluding carboxylic acids is 1. The summed E-state index contributed by atoms with van der Waals surface area (Å²) in [6, 6.07) is 11.8. The Balaban J connectivity index is 1.52. The molecule has 0 bridgehead atoms. The first-order valence-electron chi connectivity index (χ1n) is 8.66. The van der Waals surface area contributed by atoms with Crippen molar-refractivity contribution in [3.63, 3.8) is 0 Å². The maximum atomic E-state index is 11.3. The van der Waals surface area contributed by atoms with E-state index < -0.39 is 4.92 Å². The number of nitrogens with zero attached hydrogens (tertiary/aromatic N) is 3. The summed E-state index contributed by atoms with van der Waals surface area (Å²) in [7, 11) is 0. The van der Waals surface area contributed by atoms with E-state index in [1.807, 2.05) is 17.0 Å². The fourth-order valence-electron chi connectivity index (χ4n) is 3.06. The zero-order chi connectivity index (χ0) is 19.2. The summed E-state index contributed by atoms with van der Waals surface area (Å²) in [5.74, 6) is 0.781. The van der Waals surface area contributed by atoms with Crippen molar-refractivity contribution in [2.24, 2.45) is 0 Å². The smallest absolute Gasteiger partial charge is 0.293 e. The Morgan fingerprint density at radius 1 is 1.11 bits per heavy atom. The lowest BCUT2D eigenvalue weighted by molar-refractivity contribution is -0.384. The minimum absolute atomic E-state index is 0.0286. The van der Waals surface area contributed by atoms with Gasteiger partial charge in [-0.3, -0.25) is 19.8 Å². The van der Waals surface area contributed by atoms with E-state index in [-0.39, 0.29) is 5.69 Å². The third-order valence-electron chi connectivity index (χ3n) is 4.54. The average Bonchev–Trinajstić information content (AvgIpc) is 2.69. The Morgan fingerprint density at radius 3 is 2.44 bits per heavy atom. The van der Waals surface area contributed by atoms with E-state index in [0.29, 0.717) is 42.3 Å². The lowest BCUT2D eigenvalue weighted by Gasteiger charge is -2.35. The first kappa shape index (κ1) is 19.1. The maximum absolute atomic E-state index is 11.3. The number of ether oxygens (including phenoxy) is 1. The first-order valence-corrected chi connectivity index (χ1v) is 9.04. The maximum Gasteiger partial charge on any atom is 0.293 e. The molecule has 0 N–H and O–H groups in total. The normalized spacial score (nSPS) is 14.8. The van der Waals surface area contributed by atoms with Crippen LogP contribution in [0, 0.1) is 10.1 Å². The van der Waals surface area contributed by atoms with Crippen LogP contribution >= 0.6 is 11.6 Å². The van der Waals surface area contributed by atoms with Gasteiger partial charge in [0.2, 0.25) is 0 Å². The van der Waals surface area contributed by atoms with Crippen molar-refractivity contribution in [2.45, 2.75) is 0 Å². The van der Waals surface area contributed by atoms with Crippen molar-refractivity contribution in [3.8, 4) is 5.75 Å². The molecule has 7 nitrogen and oxygen atoms in total. The minimum atomic E-state index is -0.436. The number of halogens is 1. The second kappa shape index (κ2) is 8.83. The lowest BCUT2D eigenvalue weighted by atomic mass is 10.1. The molecule has 0 aliphatic carbocycles. The van der Waals surface area contributed by atoms with E-state index in [1.54, 1.807) is 24.3 Å². The van der Waals surface area contributed by atoms with Gasteiger partial charge in [0.05, 0.1) is 4.92 Å². The van der Waals surface area contributed by atoms with Crippen LogP contribution in [0.15, 0.2) is 42.5 Å². The van der Waals surface area contributed by atoms with E-state index in [4.69, 9.17) is 16.3 Å². The van der Waals surface area contributed by atoms with Gasteiger partial charge in [0.25, 0.3) is 5.69 Å². The number of carbonyl (C=O) groups is 1. The highest BCUT2D eigenvalue weighted by Gasteiger charge is 2.24. The van der Waals surface area contributed by atoms with Crippen LogP contribution in [0.25, 0.3) is 0 Å². The summed E-state index contributed by atoms with van der Waals surface area (Å²) in [5.41, 5.74) is 0.838. The summed E-state index contributed by atoms with van der Waals surface area (Å²) in [4.78, 5) is 26.0. The topological polar surface area (TPSA) is 75.9 Å². The molecule has 2 aromatic rings. The molecule has 0 atom stereocenters. The number of hydrogen-bond acceptors (Lipinski definition) is 6. The van der Waals surface area contributed by atoms with Gasteiger partial charge in [-0.1, -0.05) is 11.6 Å². The molecule has 0 radical (unpaired) electrons. The Bertz CT molecular complexity index is 805. The Hall–Kier alpha value is -2.64. The van der Waals surface area contributed by atoms with Crippen LogP contribution in [0.4, 0.5) is 11.4 Å². The average molecular weight is 390 g/mol. The highest BCUT2D eigenvalue weighted by molar-refractivity contribution is 6.30. The van der Waals surface area contributed by atoms with Gasteiger partial charge < -0.3 is 9.64 Å². The van der Waals surface area contributed by atoms with Gasteiger partial charge in [0.15, 0.2) is 0 Å². The van der Waals surface area contributed by atoms with E-state index in [2.05, 4.69) is 4.90 Å². The Morgan fingerprint density at radius 2 is 1.81 bits per heavy atom.